The Morgan fingerprint density at radius 3 is 2.61 bits per heavy atom. The number of carbonyl (C=O) groups is 1. The van der Waals surface area contributed by atoms with Gasteiger partial charge in [-0.1, -0.05) is 38.3 Å². The molecule has 0 bridgehead atoms. The van der Waals surface area contributed by atoms with Crippen LogP contribution in [0.2, 0.25) is 0 Å². The lowest BCUT2D eigenvalue weighted by Crippen LogP contribution is -2.26. The van der Waals surface area contributed by atoms with Crippen LogP contribution in [0.1, 0.15) is 65.9 Å². The van der Waals surface area contributed by atoms with Crippen LogP contribution < -0.4 is 10.9 Å². The summed E-state index contributed by atoms with van der Waals surface area (Å²) in [6.45, 7) is 3.98. The summed E-state index contributed by atoms with van der Waals surface area (Å²) >= 11 is 1.37. The maximum Gasteiger partial charge on any atom is 0.271 e. The fraction of sp³-hybridized carbons (Fsp3) is 0.409. The van der Waals surface area contributed by atoms with Gasteiger partial charge in [-0.25, -0.2) is 4.98 Å². The van der Waals surface area contributed by atoms with Crippen molar-refractivity contribution in [1.29, 1.82) is 0 Å². The maximum absolute atomic E-state index is 13.0. The van der Waals surface area contributed by atoms with E-state index in [4.69, 9.17) is 0 Å². The van der Waals surface area contributed by atoms with E-state index in [0.717, 1.165) is 42.7 Å². The van der Waals surface area contributed by atoms with Crippen molar-refractivity contribution >= 4 is 33.1 Å². The molecule has 146 valence electrons. The van der Waals surface area contributed by atoms with Crippen molar-refractivity contribution in [3.8, 4) is 0 Å². The number of nitrogens with zero attached hydrogens (tertiary/aromatic N) is 2. The third-order valence-corrected chi connectivity index (χ3v) is 6.70. The highest BCUT2D eigenvalue weighted by atomic mass is 32.1. The van der Waals surface area contributed by atoms with Crippen molar-refractivity contribution in [2.24, 2.45) is 0 Å². The lowest BCUT2D eigenvalue weighted by Gasteiger charge is -2.23. The number of amides is 1. The van der Waals surface area contributed by atoms with Gasteiger partial charge in [-0.2, -0.15) is 0 Å². The largest absolute Gasteiger partial charge is 0.322 e. The number of aryl methyl sites for hydroxylation is 2. The molecule has 0 radical (unpaired) electrons. The molecule has 0 aliphatic heterocycles. The number of hydrogen-bond acceptors (Lipinski definition) is 4. The number of benzene rings is 1. The maximum atomic E-state index is 13.0. The Hall–Kier alpha value is -2.47. The summed E-state index contributed by atoms with van der Waals surface area (Å²) in [5.74, 6) is -0.213. The first-order chi connectivity index (χ1) is 13.6. The Kier molecular flexibility index (Phi) is 5.31. The monoisotopic (exact) mass is 395 g/mol. The Morgan fingerprint density at radius 2 is 1.93 bits per heavy atom. The minimum atomic E-state index is -0.213. The summed E-state index contributed by atoms with van der Waals surface area (Å²) in [6, 6.07) is 8.06. The summed E-state index contributed by atoms with van der Waals surface area (Å²) < 4.78 is 2.36. The third-order valence-electron chi connectivity index (χ3n) is 5.61. The Labute approximate surface area is 168 Å². The van der Waals surface area contributed by atoms with E-state index in [1.165, 1.54) is 23.3 Å². The minimum Gasteiger partial charge on any atom is -0.322 e. The molecule has 6 heteroatoms. The van der Waals surface area contributed by atoms with Crippen LogP contribution in [-0.4, -0.2) is 15.5 Å². The molecule has 2 heterocycles. The zero-order chi connectivity index (χ0) is 19.7. The molecular weight excluding hydrogens is 370 g/mol. The van der Waals surface area contributed by atoms with Gasteiger partial charge in [-0.15, -0.1) is 11.3 Å². The quantitative estimate of drug-likeness (QED) is 0.669. The Bertz CT molecular complexity index is 1060. The van der Waals surface area contributed by atoms with Crippen molar-refractivity contribution in [2.45, 2.75) is 58.4 Å². The molecule has 1 aromatic carbocycles. The molecular formula is C22H25N3O2S. The van der Waals surface area contributed by atoms with Gasteiger partial charge in [-0.3, -0.25) is 14.2 Å². The zero-order valence-corrected chi connectivity index (χ0v) is 17.1. The molecule has 1 fully saturated rings. The molecule has 4 rings (SSSR count). The van der Waals surface area contributed by atoms with Crippen LogP contribution in [0.3, 0.4) is 0 Å². The summed E-state index contributed by atoms with van der Waals surface area (Å²) in [7, 11) is 0. The summed E-state index contributed by atoms with van der Waals surface area (Å²) in [6.07, 6.45) is 8.20. The van der Waals surface area contributed by atoms with Gasteiger partial charge < -0.3 is 5.32 Å². The second-order valence-corrected chi connectivity index (χ2v) is 8.69. The lowest BCUT2D eigenvalue weighted by molar-refractivity contribution is 0.102. The third kappa shape index (κ3) is 3.49. The van der Waals surface area contributed by atoms with Crippen LogP contribution in [0.15, 0.2) is 35.4 Å². The number of carbonyl (C=O) groups excluding carboxylic acids is 1. The van der Waals surface area contributed by atoms with Gasteiger partial charge in [0.1, 0.15) is 10.2 Å². The normalized spacial score (nSPS) is 15.1. The van der Waals surface area contributed by atoms with E-state index in [-0.39, 0.29) is 17.5 Å². The number of anilines is 1. The fourth-order valence-electron chi connectivity index (χ4n) is 3.99. The lowest BCUT2D eigenvalue weighted by atomic mass is 9.95. The fourth-order valence-corrected chi connectivity index (χ4v) is 5.04. The molecule has 3 aromatic rings. The molecule has 1 aliphatic carbocycles. The van der Waals surface area contributed by atoms with Gasteiger partial charge >= 0.3 is 0 Å². The van der Waals surface area contributed by atoms with Crippen molar-refractivity contribution in [3.63, 3.8) is 0 Å². The van der Waals surface area contributed by atoms with Crippen LogP contribution in [0.4, 0.5) is 5.69 Å². The van der Waals surface area contributed by atoms with Crippen molar-refractivity contribution in [3.05, 3.63) is 57.0 Å². The highest BCUT2D eigenvalue weighted by molar-refractivity contribution is 7.19. The van der Waals surface area contributed by atoms with Crippen LogP contribution in [0.5, 0.6) is 0 Å². The van der Waals surface area contributed by atoms with E-state index in [1.54, 1.807) is 10.9 Å². The van der Waals surface area contributed by atoms with E-state index < -0.39 is 0 Å². The molecule has 1 saturated carbocycles. The van der Waals surface area contributed by atoms with Gasteiger partial charge in [0.2, 0.25) is 0 Å². The van der Waals surface area contributed by atoms with E-state index in [2.05, 4.69) is 17.2 Å². The van der Waals surface area contributed by atoms with E-state index in [9.17, 15) is 9.59 Å². The van der Waals surface area contributed by atoms with Gasteiger partial charge in [0.15, 0.2) is 0 Å². The van der Waals surface area contributed by atoms with E-state index in [0.29, 0.717) is 15.8 Å². The second-order valence-electron chi connectivity index (χ2n) is 7.46. The molecule has 5 nitrogen and oxygen atoms in total. The van der Waals surface area contributed by atoms with Crippen molar-refractivity contribution in [2.75, 3.05) is 5.32 Å². The smallest absolute Gasteiger partial charge is 0.271 e. The molecule has 0 unspecified atom stereocenters. The number of nitrogens with one attached hydrogen (secondary N) is 1. The average Bonchev–Trinajstić information content (AvgIpc) is 3.06. The first-order valence-electron chi connectivity index (χ1n) is 9.99. The molecule has 2 aromatic heterocycles. The van der Waals surface area contributed by atoms with Gasteiger partial charge in [0.25, 0.3) is 11.5 Å². The van der Waals surface area contributed by atoms with Crippen LogP contribution >= 0.6 is 11.3 Å². The molecule has 0 atom stereocenters. The van der Waals surface area contributed by atoms with E-state index in [1.807, 2.05) is 31.2 Å². The summed E-state index contributed by atoms with van der Waals surface area (Å²) in [5.41, 5.74) is 2.97. The second kappa shape index (κ2) is 7.87. The first kappa shape index (κ1) is 18.9. The minimum absolute atomic E-state index is 0.0173. The number of hydrogen-bond donors (Lipinski definition) is 1. The zero-order valence-electron chi connectivity index (χ0n) is 16.3. The standard InChI is InChI=1S/C22H25N3O2S/c1-3-15-9-11-16(12-10-15)24-21(26)18-14(2)28-20-19(18)23-13-25(22(20)27)17-7-5-4-6-8-17/h9-13,17H,3-8H2,1-2H3,(H,24,26). The average molecular weight is 396 g/mol. The van der Waals surface area contributed by atoms with Crippen LogP contribution in [-0.2, 0) is 6.42 Å². The molecule has 1 amide bonds. The Balaban J connectivity index is 1.67. The van der Waals surface area contributed by atoms with Gasteiger partial charge in [-0.05, 0) is 43.9 Å². The highest BCUT2D eigenvalue weighted by Crippen LogP contribution is 2.30. The van der Waals surface area contributed by atoms with E-state index >= 15 is 0 Å². The van der Waals surface area contributed by atoms with Crippen molar-refractivity contribution in [1.82, 2.24) is 9.55 Å². The van der Waals surface area contributed by atoms with Gasteiger partial charge in [0, 0.05) is 16.6 Å². The predicted octanol–water partition coefficient (Wildman–Crippen LogP) is 5.09. The summed E-state index contributed by atoms with van der Waals surface area (Å²) in [5, 5.41) is 2.94. The van der Waals surface area contributed by atoms with Crippen LogP contribution in [0.25, 0.3) is 10.2 Å². The number of thiophene rings is 1. The molecule has 1 N–H and O–H groups in total. The predicted molar refractivity (Wildman–Crippen MR) is 115 cm³/mol. The number of rotatable bonds is 4. The molecule has 0 saturated heterocycles. The molecule has 0 spiro atoms. The highest BCUT2D eigenvalue weighted by Gasteiger charge is 2.23. The SMILES string of the molecule is CCc1ccc(NC(=O)c2c(C)sc3c(=O)n(C4CCCCC4)cnc23)cc1. The topological polar surface area (TPSA) is 64.0 Å². The van der Waals surface area contributed by atoms with Gasteiger partial charge in [0.05, 0.1) is 11.9 Å². The van der Waals surface area contributed by atoms with Crippen molar-refractivity contribution < 1.29 is 4.79 Å². The van der Waals surface area contributed by atoms with Crippen LogP contribution in [0, 0.1) is 6.92 Å². The number of aromatic nitrogens is 2. The molecule has 28 heavy (non-hydrogen) atoms. The number of fused-ring (bicyclic) bond motifs is 1. The summed E-state index contributed by atoms with van der Waals surface area (Å²) in [4.78, 5) is 31.3. The Morgan fingerprint density at radius 1 is 1.21 bits per heavy atom. The molecule has 1 aliphatic rings. The first-order valence-corrected chi connectivity index (χ1v) is 10.8.